The predicted molar refractivity (Wildman–Crippen MR) is 79.1 cm³/mol. The van der Waals surface area contributed by atoms with Crippen molar-refractivity contribution in [1.29, 1.82) is 0 Å². The molecule has 0 spiro atoms. The third-order valence-electron chi connectivity index (χ3n) is 3.10. The van der Waals surface area contributed by atoms with Crippen molar-refractivity contribution in [2.24, 2.45) is 0 Å². The van der Waals surface area contributed by atoms with E-state index in [1.807, 2.05) is 49.4 Å². The fourth-order valence-electron chi connectivity index (χ4n) is 2.21. The van der Waals surface area contributed by atoms with Crippen molar-refractivity contribution in [2.45, 2.75) is 6.92 Å². The molecule has 1 heterocycles. The third-order valence-corrected chi connectivity index (χ3v) is 3.10. The molecule has 0 atom stereocenters. The lowest BCUT2D eigenvalue weighted by Gasteiger charge is -2.09. The first-order valence-electron chi connectivity index (χ1n) is 6.55. The zero-order valence-electron chi connectivity index (χ0n) is 11.1. The Morgan fingerprint density at radius 3 is 2.45 bits per heavy atom. The largest absolute Gasteiger partial charge is 0.465 e. The molecule has 3 rings (SSSR count). The number of fused-ring (bicyclic) bond motifs is 1. The maximum absolute atomic E-state index is 12.7. The molecule has 0 saturated carbocycles. The van der Waals surface area contributed by atoms with Gasteiger partial charge in [-0.1, -0.05) is 42.5 Å². The van der Waals surface area contributed by atoms with Crippen molar-refractivity contribution < 1.29 is 9.15 Å². The maximum Gasteiger partial charge on any atom is 0.297 e. The van der Waals surface area contributed by atoms with Gasteiger partial charge in [0.25, 0.3) is 5.95 Å². The van der Waals surface area contributed by atoms with E-state index in [0.29, 0.717) is 23.1 Å². The first kappa shape index (κ1) is 12.5. The zero-order chi connectivity index (χ0) is 13.9. The summed E-state index contributed by atoms with van der Waals surface area (Å²) in [6.07, 6.45) is 0. The van der Waals surface area contributed by atoms with Crippen molar-refractivity contribution >= 4 is 11.0 Å². The monoisotopic (exact) mass is 266 g/mol. The molecule has 0 aliphatic rings. The Kier molecular flexibility index (Phi) is 3.25. The van der Waals surface area contributed by atoms with Crippen molar-refractivity contribution in [2.75, 3.05) is 6.61 Å². The molecule has 0 saturated heterocycles. The molecule has 0 bridgehead atoms. The van der Waals surface area contributed by atoms with Crippen LogP contribution in [-0.4, -0.2) is 6.61 Å². The number of rotatable bonds is 3. The number of benzene rings is 2. The third kappa shape index (κ3) is 2.07. The van der Waals surface area contributed by atoms with Gasteiger partial charge in [0.15, 0.2) is 0 Å². The first-order chi connectivity index (χ1) is 9.81. The highest BCUT2D eigenvalue weighted by atomic mass is 16.6. The molecule has 2 aromatic carbocycles. The van der Waals surface area contributed by atoms with Crippen LogP contribution in [0.2, 0.25) is 0 Å². The average molecular weight is 266 g/mol. The Bertz CT molecular complexity index is 788. The van der Waals surface area contributed by atoms with Gasteiger partial charge < -0.3 is 9.15 Å². The van der Waals surface area contributed by atoms with Gasteiger partial charge in [0.1, 0.15) is 11.1 Å². The van der Waals surface area contributed by atoms with Crippen LogP contribution >= 0.6 is 0 Å². The van der Waals surface area contributed by atoms with Gasteiger partial charge in [-0.25, -0.2) is 0 Å². The van der Waals surface area contributed by atoms with E-state index in [0.717, 1.165) is 5.56 Å². The highest BCUT2D eigenvalue weighted by Gasteiger charge is 2.16. The molecule has 3 nitrogen and oxygen atoms in total. The quantitative estimate of drug-likeness (QED) is 0.722. The van der Waals surface area contributed by atoms with Crippen molar-refractivity contribution in [3.63, 3.8) is 0 Å². The standard InChI is InChI=1S/C17H14O3/c1-2-19-17-15(12-8-4-3-5-9-12)16(18)13-10-6-7-11-14(13)20-17/h3-11H,2H2,1H3. The molecular formula is C17H14O3. The van der Waals surface area contributed by atoms with E-state index < -0.39 is 0 Å². The molecule has 0 aliphatic heterocycles. The fourth-order valence-corrected chi connectivity index (χ4v) is 2.21. The van der Waals surface area contributed by atoms with Gasteiger partial charge in [0, 0.05) is 0 Å². The Balaban J connectivity index is 2.36. The van der Waals surface area contributed by atoms with Gasteiger partial charge in [-0.2, -0.15) is 0 Å². The van der Waals surface area contributed by atoms with E-state index in [-0.39, 0.29) is 11.4 Å². The molecule has 0 fully saturated rings. The van der Waals surface area contributed by atoms with Crippen LogP contribution in [0.3, 0.4) is 0 Å². The van der Waals surface area contributed by atoms with Gasteiger partial charge in [-0.05, 0) is 24.6 Å². The topological polar surface area (TPSA) is 39.4 Å². The summed E-state index contributed by atoms with van der Waals surface area (Å²) in [6.45, 7) is 2.31. The molecule has 0 aliphatic carbocycles. The lowest BCUT2D eigenvalue weighted by atomic mass is 10.1. The van der Waals surface area contributed by atoms with Gasteiger partial charge in [0.05, 0.1) is 12.0 Å². The summed E-state index contributed by atoms with van der Waals surface area (Å²) >= 11 is 0. The molecule has 3 heteroatoms. The van der Waals surface area contributed by atoms with E-state index in [2.05, 4.69) is 0 Å². The van der Waals surface area contributed by atoms with Crippen LogP contribution in [-0.2, 0) is 0 Å². The number of ether oxygens (including phenoxy) is 1. The molecule has 0 amide bonds. The van der Waals surface area contributed by atoms with Gasteiger partial charge in [-0.15, -0.1) is 0 Å². The van der Waals surface area contributed by atoms with Crippen LogP contribution < -0.4 is 10.2 Å². The maximum atomic E-state index is 12.7. The zero-order valence-corrected chi connectivity index (χ0v) is 11.1. The van der Waals surface area contributed by atoms with E-state index in [4.69, 9.17) is 9.15 Å². The Morgan fingerprint density at radius 2 is 1.70 bits per heavy atom. The van der Waals surface area contributed by atoms with Crippen LogP contribution in [0.15, 0.2) is 63.8 Å². The van der Waals surface area contributed by atoms with Crippen molar-refractivity contribution in [1.82, 2.24) is 0 Å². The minimum absolute atomic E-state index is 0.0681. The minimum atomic E-state index is -0.0681. The summed E-state index contributed by atoms with van der Waals surface area (Å²) in [5.41, 5.74) is 1.75. The van der Waals surface area contributed by atoms with Crippen LogP contribution in [0.4, 0.5) is 0 Å². The molecule has 0 radical (unpaired) electrons. The number of para-hydroxylation sites is 1. The number of hydrogen-bond donors (Lipinski definition) is 0. The van der Waals surface area contributed by atoms with Crippen LogP contribution in [0, 0.1) is 0 Å². The summed E-state index contributed by atoms with van der Waals surface area (Å²) in [5.74, 6) is 0.280. The van der Waals surface area contributed by atoms with E-state index in [9.17, 15) is 4.79 Å². The van der Waals surface area contributed by atoms with Crippen molar-refractivity contribution in [3.8, 4) is 17.1 Å². The highest BCUT2D eigenvalue weighted by Crippen LogP contribution is 2.30. The molecule has 0 N–H and O–H groups in total. The Labute approximate surface area is 116 Å². The van der Waals surface area contributed by atoms with E-state index in [1.54, 1.807) is 12.1 Å². The van der Waals surface area contributed by atoms with Crippen LogP contribution in [0.5, 0.6) is 5.95 Å². The molecule has 20 heavy (non-hydrogen) atoms. The lowest BCUT2D eigenvalue weighted by Crippen LogP contribution is -2.08. The van der Waals surface area contributed by atoms with E-state index in [1.165, 1.54) is 0 Å². The van der Waals surface area contributed by atoms with Gasteiger partial charge in [-0.3, -0.25) is 4.79 Å². The second-order valence-electron chi connectivity index (χ2n) is 4.39. The highest BCUT2D eigenvalue weighted by molar-refractivity contribution is 5.83. The van der Waals surface area contributed by atoms with Crippen molar-refractivity contribution in [3.05, 3.63) is 64.8 Å². The van der Waals surface area contributed by atoms with Crippen LogP contribution in [0.25, 0.3) is 22.1 Å². The van der Waals surface area contributed by atoms with Crippen LogP contribution in [0.1, 0.15) is 6.92 Å². The molecule has 1 aromatic heterocycles. The summed E-state index contributed by atoms with van der Waals surface area (Å²) in [4.78, 5) is 12.7. The van der Waals surface area contributed by atoms with Gasteiger partial charge >= 0.3 is 0 Å². The minimum Gasteiger partial charge on any atom is -0.465 e. The molecule has 0 unspecified atom stereocenters. The summed E-state index contributed by atoms with van der Waals surface area (Å²) in [7, 11) is 0. The second-order valence-corrected chi connectivity index (χ2v) is 4.39. The number of hydrogen-bond acceptors (Lipinski definition) is 3. The normalized spacial score (nSPS) is 10.7. The Hall–Kier alpha value is -2.55. The van der Waals surface area contributed by atoms with E-state index >= 15 is 0 Å². The SMILES string of the molecule is CCOc1oc2ccccc2c(=O)c1-c1ccccc1. The smallest absolute Gasteiger partial charge is 0.297 e. The Morgan fingerprint density at radius 1 is 1.00 bits per heavy atom. The first-order valence-corrected chi connectivity index (χ1v) is 6.55. The predicted octanol–water partition coefficient (Wildman–Crippen LogP) is 3.86. The fraction of sp³-hybridized carbons (Fsp3) is 0.118. The summed E-state index contributed by atoms with van der Waals surface area (Å²) in [6, 6.07) is 16.6. The summed E-state index contributed by atoms with van der Waals surface area (Å²) in [5, 5.41) is 0.565. The molecule has 100 valence electrons. The summed E-state index contributed by atoms with van der Waals surface area (Å²) < 4.78 is 11.3. The second kappa shape index (κ2) is 5.21. The average Bonchev–Trinajstić information content (AvgIpc) is 2.49. The molecule has 3 aromatic rings. The molecular weight excluding hydrogens is 252 g/mol. The van der Waals surface area contributed by atoms with Gasteiger partial charge in [0.2, 0.25) is 5.43 Å². The lowest BCUT2D eigenvalue weighted by molar-refractivity contribution is 0.263.